The van der Waals surface area contributed by atoms with Gasteiger partial charge in [0.15, 0.2) is 6.73 Å². The molecule has 2 aromatic rings. The number of hydrogen-bond acceptors (Lipinski definition) is 5. The predicted octanol–water partition coefficient (Wildman–Crippen LogP) is 4.27. The Labute approximate surface area is 148 Å². The van der Waals surface area contributed by atoms with Crippen molar-refractivity contribution in [2.24, 2.45) is 0 Å². The molecule has 0 fully saturated rings. The van der Waals surface area contributed by atoms with Crippen LogP contribution in [0, 0.1) is 0 Å². The van der Waals surface area contributed by atoms with Crippen molar-refractivity contribution in [3.8, 4) is 22.8 Å². The second kappa shape index (κ2) is 7.57. The van der Waals surface area contributed by atoms with Gasteiger partial charge in [0.1, 0.15) is 12.0 Å². The van der Waals surface area contributed by atoms with Crippen LogP contribution in [0.25, 0.3) is 11.1 Å². The fraction of sp³-hybridized carbons (Fsp3) is 0.235. The molecule has 0 radical (unpaired) electrons. The monoisotopic (exact) mass is 368 g/mol. The number of aromatic nitrogens is 1. The van der Waals surface area contributed by atoms with Crippen LogP contribution in [0.1, 0.15) is 5.56 Å². The van der Waals surface area contributed by atoms with E-state index in [2.05, 4.69) is 9.72 Å². The minimum absolute atomic E-state index is 0.0811. The predicted molar refractivity (Wildman–Crippen MR) is 88.5 cm³/mol. The summed E-state index contributed by atoms with van der Waals surface area (Å²) < 4.78 is 39.9. The molecule has 0 amide bonds. The maximum absolute atomic E-state index is 12.5. The third kappa shape index (κ3) is 4.11. The normalized spacial score (nSPS) is 13.2. The standard InChI is InChI=1S/C17H15ClF2N2O3/c1-23-16-13(9-22-4-5-24-10-22)6-12(8-21-16)11-2-3-14(18)15(7-11)25-17(19)20/h2-8,17H,9-10H2,1H3. The first-order valence-electron chi connectivity index (χ1n) is 7.37. The SMILES string of the molecule is COc1ncc(-c2ccc(Cl)c(OC(F)F)c2)cc1CN1C=COC1. The van der Waals surface area contributed by atoms with Crippen LogP contribution in [0.3, 0.4) is 0 Å². The molecule has 132 valence electrons. The van der Waals surface area contributed by atoms with E-state index in [4.69, 9.17) is 21.1 Å². The first-order chi connectivity index (χ1) is 12.1. The van der Waals surface area contributed by atoms with Crippen molar-refractivity contribution in [2.75, 3.05) is 13.8 Å². The summed E-state index contributed by atoms with van der Waals surface area (Å²) in [6.45, 7) is -1.96. The first kappa shape index (κ1) is 17.3. The molecule has 0 atom stereocenters. The van der Waals surface area contributed by atoms with Crippen LogP contribution in [0.5, 0.6) is 11.6 Å². The topological polar surface area (TPSA) is 43.8 Å². The van der Waals surface area contributed by atoms with E-state index in [1.54, 1.807) is 25.6 Å². The third-order valence-electron chi connectivity index (χ3n) is 3.58. The van der Waals surface area contributed by atoms with Crippen molar-refractivity contribution in [1.29, 1.82) is 0 Å². The Morgan fingerprint density at radius 1 is 1.32 bits per heavy atom. The highest BCUT2D eigenvalue weighted by molar-refractivity contribution is 6.32. The number of nitrogens with zero attached hydrogens (tertiary/aromatic N) is 2. The molecule has 0 spiro atoms. The average Bonchev–Trinajstić information content (AvgIpc) is 3.09. The van der Waals surface area contributed by atoms with Crippen LogP contribution in [0.15, 0.2) is 42.9 Å². The van der Waals surface area contributed by atoms with Crippen molar-refractivity contribution in [3.05, 3.63) is 53.5 Å². The molecule has 8 heteroatoms. The Morgan fingerprint density at radius 3 is 2.84 bits per heavy atom. The highest BCUT2D eigenvalue weighted by Crippen LogP contribution is 2.33. The summed E-state index contributed by atoms with van der Waals surface area (Å²) in [4.78, 5) is 6.23. The maximum Gasteiger partial charge on any atom is 0.387 e. The lowest BCUT2D eigenvalue weighted by molar-refractivity contribution is -0.0497. The number of hydrogen-bond donors (Lipinski definition) is 0. The van der Waals surface area contributed by atoms with E-state index in [0.717, 1.165) is 11.1 Å². The third-order valence-corrected chi connectivity index (χ3v) is 3.89. The van der Waals surface area contributed by atoms with E-state index in [1.165, 1.54) is 12.1 Å². The van der Waals surface area contributed by atoms with E-state index < -0.39 is 6.61 Å². The van der Waals surface area contributed by atoms with E-state index in [1.807, 2.05) is 17.2 Å². The summed E-state index contributed by atoms with van der Waals surface area (Å²) in [5.74, 6) is 0.407. The number of pyridine rings is 1. The van der Waals surface area contributed by atoms with Crippen molar-refractivity contribution in [3.63, 3.8) is 0 Å². The van der Waals surface area contributed by atoms with Crippen molar-refractivity contribution in [1.82, 2.24) is 9.88 Å². The van der Waals surface area contributed by atoms with Gasteiger partial charge in [-0.1, -0.05) is 17.7 Å². The number of alkyl halides is 2. The zero-order valence-corrected chi connectivity index (χ0v) is 14.0. The minimum Gasteiger partial charge on any atom is -0.481 e. The first-order valence-corrected chi connectivity index (χ1v) is 7.74. The molecular formula is C17H15ClF2N2O3. The number of halogens is 3. The Bertz CT molecular complexity index is 786. The Hall–Kier alpha value is -2.54. The summed E-state index contributed by atoms with van der Waals surface area (Å²) in [5, 5.41) is 0.116. The van der Waals surface area contributed by atoms with E-state index >= 15 is 0 Å². The molecule has 0 aliphatic carbocycles. The van der Waals surface area contributed by atoms with Gasteiger partial charge < -0.3 is 19.1 Å². The minimum atomic E-state index is -2.95. The van der Waals surface area contributed by atoms with Crippen molar-refractivity contribution < 1.29 is 23.0 Å². The Morgan fingerprint density at radius 2 is 2.16 bits per heavy atom. The number of ether oxygens (including phenoxy) is 3. The number of methoxy groups -OCH3 is 1. The molecule has 2 heterocycles. The summed E-state index contributed by atoms with van der Waals surface area (Å²) >= 11 is 5.90. The summed E-state index contributed by atoms with van der Waals surface area (Å²) in [5.41, 5.74) is 2.22. The van der Waals surface area contributed by atoms with Gasteiger partial charge in [-0.3, -0.25) is 0 Å². The molecular weight excluding hydrogens is 354 g/mol. The number of rotatable bonds is 6. The van der Waals surface area contributed by atoms with Gasteiger partial charge in [0, 0.05) is 23.5 Å². The zero-order valence-electron chi connectivity index (χ0n) is 13.3. The molecule has 0 N–H and O–H groups in total. The van der Waals surface area contributed by atoms with Gasteiger partial charge in [0.05, 0.1) is 18.7 Å². The lowest BCUT2D eigenvalue weighted by Gasteiger charge is -2.16. The highest BCUT2D eigenvalue weighted by Gasteiger charge is 2.14. The fourth-order valence-corrected chi connectivity index (χ4v) is 2.61. The smallest absolute Gasteiger partial charge is 0.387 e. The van der Waals surface area contributed by atoms with Crippen molar-refractivity contribution >= 4 is 11.6 Å². The van der Waals surface area contributed by atoms with Crippen LogP contribution in [-0.2, 0) is 11.3 Å². The molecule has 0 unspecified atom stereocenters. The van der Waals surface area contributed by atoms with Gasteiger partial charge in [-0.2, -0.15) is 8.78 Å². The van der Waals surface area contributed by atoms with Gasteiger partial charge in [-0.25, -0.2) is 4.98 Å². The second-order valence-corrected chi connectivity index (χ2v) is 5.65. The highest BCUT2D eigenvalue weighted by atomic mass is 35.5. The Balaban J connectivity index is 1.92. The van der Waals surface area contributed by atoms with Crippen molar-refractivity contribution in [2.45, 2.75) is 13.2 Å². The largest absolute Gasteiger partial charge is 0.481 e. The second-order valence-electron chi connectivity index (χ2n) is 5.24. The van der Waals surface area contributed by atoms with Crippen LogP contribution in [-0.4, -0.2) is 30.3 Å². The van der Waals surface area contributed by atoms with Crippen LogP contribution < -0.4 is 9.47 Å². The molecule has 1 aliphatic rings. The molecule has 0 bridgehead atoms. The van der Waals surface area contributed by atoms with E-state index in [9.17, 15) is 8.78 Å². The molecule has 5 nitrogen and oxygen atoms in total. The molecule has 1 aromatic heterocycles. The van der Waals surface area contributed by atoms with E-state index in [0.29, 0.717) is 24.7 Å². The van der Waals surface area contributed by atoms with Crippen LogP contribution in [0.4, 0.5) is 8.78 Å². The average molecular weight is 369 g/mol. The Kier molecular flexibility index (Phi) is 5.23. The lowest BCUT2D eigenvalue weighted by atomic mass is 10.1. The van der Waals surface area contributed by atoms with Gasteiger partial charge >= 0.3 is 6.61 Å². The quantitative estimate of drug-likeness (QED) is 0.761. The molecule has 25 heavy (non-hydrogen) atoms. The molecule has 0 saturated heterocycles. The van der Waals surface area contributed by atoms with Gasteiger partial charge in [-0.15, -0.1) is 0 Å². The molecule has 1 aliphatic heterocycles. The fourth-order valence-electron chi connectivity index (χ4n) is 2.45. The van der Waals surface area contributed by atoms with Crippen LogP contribution >= 0.6 is 11.6 Å². The molecule has 1 aromatic carbocycles. The van der Waals surface area contributed by atoms with E-state index in [-0.39, 0.29) is 10.8 Å². The summed E-state index contributed by atoms with van der Waals surface area (Å²) in [6.07, 6.45) is 5.04. The van der Waals surface area contributed by atoms with Crippen LogP contribution in [0.2, 0.25) is 5.02 Å². The van der Waals surface area contributed by atoms with Gasteiger partial charge in [-0.05, 0) is 23.8 Å². The number of benzene rings is 1. The zero-order chi connectivity index (χ0) is 17.8. The molecule has 3 rings (SSSR count). The lowest BCUT2D eigenvalue weighted by Crippen LogP contribution is -2.15. The van der Waals surface area contributed by atoms with Gasteiger partial charge in [0.2, 0.25) is 5.88 Å². The maximum atomic E-state index is 12.5. The molecule has 0 saturated carbocycles. The summed E-state index contributed by atoms with van der Waals surface area (Å²) in [7, 11) is 1.54. The summed E-state index contributed by atoms with van der Waals surface area (Å²) in [6, 6.07) is 6.57. The van der Waals surface area contributed by atoms with Gasteiger partial charge in [0.25, 0.3) is 0 Å².